The molecule has 5 heteroatoms. The first-order valence-electron chi connectivity index (χ1n) is 6.46. The van der Waals surface area contributed by atoms with Crippen molar-refractivity contribution in [3.05, 3.63) is 11.9 Å². The summed E-state index contributed by atoms with van der Waals surface area (Å²) in [5.74, 6) is 0.983. The number of hydrogen-bond acceptors (Lipinski definition) is 4. The number of nitrogens with zero attached hydrogens (tertiary/aromatic N) is 2. The zero-order valence-electron chi connectivity index (χ0n) is 11.9. The van der Waals surface area contributed by atoms with Crippen molar-refractivity contribution in [3.63, 3.8) is 0 Å². The van der Waals surface area contributed by atoms with Crippen LogP contribution in [-0.2, 0) is 11.3 Å². The van der Waals surface area contributed by atoms with Gasteiger partial charge < -0.3 is 14.6 Å². The summed E-state index contributed by atoms with van der Waals surface area (Å²) in [5, 5.41) is 4.11. The lowest BCUT2D eigenvalue weighted by Gasteiger charge is -2.11. The van der Waals surface area contributed by atoms with Crippen LogP contribution in [0.1, 0.15) is 25.5 Å². The summed E-state index contributed by atoms with van der Waals surface area (Å²) in [4.78, 5) is 4.52. The van der Waals surface area contributed by atoms with Gasteiger partial charge in [0.1, 0.15) is 0 Å². The van der Waals surface area contributed by atoms with Gasteiger partial charge in [-0.2, -0.15) is 11.8 Å². The minimum atomic E-state index is 0.690. The summed E-state index contributed by atoms with van der Waals surface area (Å²) in [5.41, 5.74) is 1.06. The van der Waals surface area contributed by atoms with E-state index in [1.807, 2.05) is 18.7 Å². The summed E-state index contributed by atoms with van der Waals surface area (Å²) in [7, 11) is 1.74. The molecule has 18 heavy (non-hydrogen) atoms. The molecule has 1 heterocycles. The number of aryl methyl sites for hydroxylation is 2. The van der Waals surface area contributed by atoms with Crippen LogP contribution in [0.4, 0.5) is 5.95 Å². The fraction of sp³-hybridized carbons (Fsp3) is 0.769. The van der Waals surface area contributed by atoms with Crippen molar-refractivity contribution in [2.75, 3.05) is 31.8 Å². The van der Waals surface area contributed by atoms with Crippen LogP contribution in [0.15, 0.2) is 6.20 Å². The maximum absolute atomic E-state index is 5.08. The monoisotopic (exact) mass is 271 g/mol. The van der Waals surface area contributed by atoms with Crippen molar-refractivity contribution in [1.29, 1.82) is 0 Å². The number of rotatable bonds is 9. The molecule has 1 aromatic rings. The van der Waals surface area contributed by atoms with Gasteiger partial charge in [-0.3, -0.25) is 0 Å². The molecular formula is C13H25N3OS. The molecule has 1 atom stereocenters. The second-order valence-electron chi connectivity index (χ2n) is 4.51. The van der Waals surface area contributed by atoms with Gasteiger partial charge in [-0.05, 0) is 26.0 Å². The SMILES string of the molecule is COCCCn1cc(C)nc1NCCC(C)SC. The van der Waals surface area contributed by atoms with Crippen LogP contribution in [0, 0.1) is 6.92 Å². The van der Waals surface area contributed by atoms with Gasteiger partial charge in [-0.1, -0.05) is 6.92 Å². The number of imidazole rings is 1. The summed E-state index contributed by atoms with van der Waals surface area (Å²) < 4.78 is 7.26. The van der Waals surface area contributed by atoms with Crippen LogP contribution in [0.5, 0.6) is 0 Å². The Morgan fingerprint density at radius 2 is 2.33 bits per heavy atom. The second-order valence-corrected chi connectivity index (χ2v) is 5.78. The van der Waals surface area contributed by atoms with Crippen LogP contribution in [0.2, 0.25) is 0 Å². The van der Waals surface area contributed by atoms with Gasteiger partial charge in [0.05, 0.1) is 5.69 Å². The molecule has 0 spiro atoms. The van der Waals surface area contributed by atoms with E-state index in [2.05, 4.69) is 34.2 Å². The number of aromatic nitrogens is 2. The number of hydrogen-bond donors (Lipinski definition) is 1. The highest BCUT2D eigenvalue weighted by Gasteiger charge is 2.05. The van der Waals surface area contributed by atoms with Crippen molar-refractivity contribution >= 4 is 17.7 Å². The Morgan fingerprint density at radius 3 is 3.00 bits per heavy atom. The Balaban J connectivity index is 2.43. The molecule has 1 aromatic heterocycles. The first-order valence-corrected chi connectivity index (χ1v) is 7.75. The predicted molar refractivity (Wildman–Crippen MR) is 79.5 cm³/mol. The topological polar surface area (TPSA) is 39.1 Å². The molecule has 1 N–H and O–H groups in total. The molecular weight excluding hydrogens is 246 g/mol. The molecule has 1 rings (SSSR count). The quantitative estimate of drug-likeness (QED) is 0.701. The molecule has 4 nitrogen and oxygen atoms in total. The van der Waals surface area contributed by atoms with E-state index in [9.17, 15) is 0 Å². The van der Waals surface area contributed by atoms with Gasteiger partial charge >= 0.3 is 0 Å². The van der Waals surface area contributed by atoms with Crippen LogP contribution in [0.3, 0.4) is 0 Å². The third kappa shape index (κ3) is 5.31. The average Bonchev–Trinajstić information content (AvgIpc) is 2.70. The standard InChI is InChI=1S/C13H25N3OS/c1-11-10-16(8-5-9-17-3)13(15-11)14-7-6-12(2)18-4/h10,12H,5-9H2,1-4H3,(H,14,15). The average molecular weight is 271 g/mol. The molecule has 0 bridgehead atoms. The van der Waals surface area contributed by atoms with Crippen molar-refractivity contribution < 1.29 is 4.74 Å². The van der Waals surface area contributed by atoms with E-state index < -0.39 is 0 Å². The smallest absolute Gasteiger partial charge is 0.203 e. The lowest BCUT2D eigenvalue weighted by Crippen LogP contribution is -2.12. The Morgan fingerprint density at radius 1 is 1.56 bits per heavy atom. The second kappa shape index (κ2) is 8.43. The first kappa shape index (κ1) is 15.4. The van der Waals surface area contributed by atoms with Crippen LogP contribution >= 0.6 is 11.8 Å². The minimum Gasteiger partial charge on any atom is -0.385 e. The summed E-state index contributed by atoms with van der Waals surface area (Å²) in [6.45, 7) is 7.00. The summed E-state index contributed by atoms with van der Waals surface area (Å²) in [6.07, 6.45) is 6.42. The Labute approximate surface area is 115 Å². The first-order chi connectivity index (χ1) is 8.67. The van der Waals surface area contributed by atoms with E-state index in [0.717, 1.165) is 44.2 Å². The largest absolute Gasteiger partial charge is 0.385 e. The molecule has 1 unspecified atom stereocenters. The van der Waals surface area contributed by atoms with Crippen molar-refractivity contribution in [1.82, 2.24) is 9.55 Å². The third-order valence-corrected chi connectivity index (χ3v) is 3.92. The van der Waals surface area contributed by atoms with Gasteiger partial charge in [0, 0.05) is 38.3 Å². The van der Waals surface area contributed by atoms with E-state index in [1.165, 1.54) is 0 Å². The number of ether oxygens (including phenoxy) is 1. The molecule has 104 valence electrons. The highest BCUT2D eigenvalue weighted by Crippen LogP contribution is 2.12. The zero-order chi connectivity index (χ0) is 13.4. The molecule has 0 fully saturated rings. The van der Waals surface area contributed by atoms with E-state index in [0.29, 0.717) is 5.25 Å². The fourth-order valence-electron chi connectivity index (χ4n) is 1.74. The van der Waals surface area contributed by atoms with E-state index in [-0.39, 0.29) is 0 Å². The molecule has 0 aliphatic carbocycles. The van der Waals surface area contributed by atoms with Crippen LogP contribution < -0.4 is 5.32 Å². The summed E-state index contributed by atoms with van der Waals surface area (Å²) >= 11 is 1.90. The maximum atomic E-state index is 5.08. The fourth-order valence-corrected chi connectivity index (χ4v) is 2.10. The zero-order valence-corrected chi connectivity index (χ0v) is 12.7. The highest BCUT2D eigenvalue weighted by atomic mass is 32.2. The number of nitrogens with one attached hydrogen (secondary N) is 1. The van der Waals surface area contributed by atoms with E-state index in [1.54, 1.807) is 7.11 Å². The molecule has 0 amide bonds. The van der Waals surface area contributed by atoms with E-state index in [4.69, 9.17) is 4.74 Å². The Bertz CT molecular complexity index is 341. The Hall–Kier alpha value is -0.680. The molecule has 0 aliphatic rings. The lowest BCUT2D eigenvalue weighted by atomic mass is 10.3. The van der Waals surface area contributed by atoms with Gasteiger partial charge in [-0.25, -0.2) is 4.98 Å². The van der Waals surface area contributed by atoms with Gasteiger partial charge in [-0.15, -0.1) is 0 Å². The number of thioether (sulfide) groups is 1. The van der Waals surface area contributed by atoms with Crippen molar-refractivity contribution in [2.24, 2.45) is 0 Å². The molecule has 0 aliphatic heterocycles. The van der Waals surface area contributed by atoms with Gasteiger partial charge in [0.25, 0.3) is 0 Å². The maximum Gasteiger partial charge on any atom is 0.203 e. The van der Waals surface area contributed by atoms with Crippen molar-refractivity contribution in [2.45, 2.75) is 38.5 Å². The molecule has 0 radical (unpaired) electrons. The molecule has 0 aromatic carbocycles. The number of anilines is 1. The van der Waals surface area contributed by atoms with Gasteiger partial charge in [0.2, 0.25) is 5.95 Å². The summed E-state index contributed by atoms with van der Waals surface area (Å²) in [6, 6.07) is 0. The molecule has 0 saturated carbocycles. The predicted octanol–water partition coefficient (Wildman–Crippen LogP) is 2.78. The van der Waals surface area contributed by atoms with Crippen molar-refractivity contribution in [3.8, 4) is 0 Å². The Kier molecular flexibility index (Phi) is 7.20. The minimum absolute atomic E-state index is 0.690. The number of methoxy groups -OCH3 is 1. The lowest BCUT2D eigenvalue weighted by molar-refractivity contribution is 0.190. The molecule has 0 saturated heterocycles. The van der Waals surface area contributed by atoms with Crippen LogP contribution in [0.25, 0.3) is 0 Å². The van der Waals surface area contributed by atoms with Gasteiger partial charge in [0.15, 0.2) is 0 Å². The third-order valence-electron chi connectivity index (χ3n) is 2.88. The van der Waals surface area contributed by atoms with Crippen LogP contribution in [-0.4, -0.2) is 41.3 Å². The highest BCUT2D eigenvalue weighted by molar-refractivity contribution is 7.99. The van der Waals surface area contributed by atoms with E-state index >= 15 is 0 Å². The normalized spacial score (nSPS) is 12.7.